The number of rotatable bonds is 4. The summed E-state index contributed by atoms with van der Waals surface area (Å²) in [4.78, 5) is 33.0. The third-order valence-electron chi connectivity index (χ3n) is 6.66. The summed E-state index contributed by atoms with van der Waals surface area (Å²) >= 11 is 1.47. The molecule has 3 unspecified atom stereocenters. The van der Waals surface area contributed by atoms with Crippen molar-refractivity contribution in [3.05, 3.63) is 64.0 Å². The SMILES string of the molecule is O=C(CCn1cnc2sccc2c1=O)N1CC(c2ccccc2)C2CCCCC21. The van der Waals surface area contributed by atoms with Crippen molar-refractivity contribution in [2.24, 2.45) is 5.92 Å². The van der Waals surface area contributed by atoms with Crippen molar-refractivity contribution in [1.82, 2.24) is 14.5 Å². The van der Waals surface area contributed by atoms with Crippen LogP contribution >= 0.6 is 11.3 Å². The maximum absolute atomic E-state index is 13.2. The van der Waals surface area contributed by atoms with Crippen LogP contribution < -0.4 is 5.56 Å². The molecule has 3 heterocycles. The van der Waals surface area contributed by atoms with E-state index in [1.54, 1.807) is 10.9 Å². The highest BCUT2D eigenvalue weighted by Crippen LogP contribution is 2.44. The monoisotopic (exact) mass is 407 g/mol. The van der Waals surface area contributed by atoms with Crippen LogP contribution in [0, 0.1) is 5.92 Å². The van der Waals surface area contributed by atoms with Crippen molar-refractivity contribution >= 4 is 27.5 Å². The molecule has 5 nitrogen and oxygen atoms in total. The van der Waals surface area contributed by atoms with E-state index in [2.05, 4.69) is 40.2 Å². The van der Waals surface area contributed by atoms with Crippen LogP contribution in [0.2, 0.25) is 0 Å². The maximum Gasteiger partial charge on any atom is 0.262 e. The second kappa shape index (κ2) is 7.75. The van der Waals surface area contributed by atoms with E-state index in [1.807, 2.05) is 11.4 Å². The Hall–Kier alpha value is -2.47. The number of carbonyl (C=O) groups excluding carboxylic acids is 1. The summed E-state index contributed by atoms with van der Waals surface area (Å²) in [6.07, 6.45) is 6.68. The zero-order valence-corrected chi connectivity index (χ0v) is 17.2. The minimum atomic E-state index is -0.0526. The highest BCUT2D eigenvalue weighted by molar-refractivity contribution is 7.16. The van der Waals surface area contributed by atoms with Gasteiger partial charge in [0.15, 0.2) is 0 Å². The first-order valence-corrected chi connectivity index (χ1v) is 11.4. The van der Waals surface area contributed by atoms with E-state index in [4.69, 9.17) is 0 Å². The summed E-state index contributed by atoms with van der Waals surface area (Å²) in [6, 6.07) is 12.8. The largest absolute Gasteiger partial charge is 0.339 e. The van der Waals surface area contributed by atoms with E-state index >= 15 is 0 Å². The minimum Gasteiger partial charge on any atom is -0.339 e. The summed E-state index contributed by atoms with van der Waals surface area (Å²) in [5.74, 6) is 1.15. The van der Waals surface area contributed by atoms with Crippen LogP contribution in [0.15, 0.2) is 52.9 Å². The van der Waals surface area contributed by atoms with Crippen molar-refractivity contribution < 1.29 is 4.79 Å². The molecule has 5 rings (SSSR count). The van der Waals surface area contributed by atoms with Gasteiger partial charge in [-0.25, -0.2) is 4.98 Å². The van der Waals surface area contributed by atoms with E-state index in [1.165, 1.54) is 36.2 Å². The lowest BCUT2D eigenvalue weighted by atomic mass is 9.77. The van der Waals surface area contributed by atoms with Gasteiger partial charge in [0.2, 0.25) is 5.91 Å². The Bertz CT molecular complexity index is 1070. The quantitative estimate of drug-likeness (QED) is 0.656. The molecule has 1 aliphatic carbocycles. The molecule has 1 amide bonds. The van der Waals surface area contributed by atoms with Gasteiger partial charge in [-0.2, -0.15) is 0 Å². The lowest BCUT2D eigenvalue weighted by Gasteiger charge is -2.32. The van der Waals surface area contributed by atoms with Crippen LogP contribution in [0.5, 0.6) is 0 Å². The van der Waals surface area contributed by atoms with Crippen LogP contribution in [0.1, 0.15) is 43.6 Å². The first kappa shape index (κ1) is 18.6. The molecular formula is C23H25N3O2S. The van der Waals surface area contributed by atoms with Gasteiger partial charge < -0.3 is 4.90 Å². The molecule has 0 bridgehead atoms. The molecule has 1 aliphatic heterocycles. The molecule has 2 aliphatic rings. The number of amides is 1. The predicted molar refractivity (Wildman–Crippen MR) is 115 cm³/mol. The number of hydrogen-bond acceptors (Lipinski definition) is 4. The summed E-state index contributed by atoms with van der Waals surface area (Å²) in [7, 11) is 0. The first-order chi connectivity index (χ1) is 14.2. The van der Waals surface area contributed by atoms with Gasteiger partial charge in [0.1, 0.15) is 4.83 Å². The fourth-order valence-electron chi connectivity index (χ4n) is 5.23. The van der Waals surface area contributed by atoms with Gasteiger partial charge in [-0.05, 0) is 35.8 Å². The Labute approximate surface area is 174 Å². The number of likely N-dealkylation sites (tertiary alicyclic amines) is 1. The third kappa shape index (κ3) is 3.39. The molecule has 1 aromatic carbocycles. The Morgan fingerprint density at radius 2 is 1.97 bits per heavy atom. The first-order valence-electron chi connectivity index (χ1n) is 10.5. The van der Waals surface area contributed by atoms with Crippen LogP contribution in [-0.4, -0.2) is 32.9 Å². The number of nitrogens with zero attached hydrogens (tertiary/aromatic N) is 3. The van der Waals surface area contributed by atoms with E-state index in [-0.39, 0.29) is 11.5 Å². The van der Waals surface area contributed by atoms with Crippen LogP contribution in [0.25, 0.3) is 10.2 Å². The van der Waals surface area contributed by atoms with Crippen LogP contribution in [0.4, 0.5) is 0 Å². The average Bonchev–Trinajstić information content (AvgIpc) is 3.39. The van der Waals surface area contributed by atoms with E-state index in [0.29, 0.717) is 36.2 Å². The Balaban J connectivity index is 1.33. The molecule has 150 valence electrons. The number of carbonyl (C=O) groups is 1. The van der Waals surface area contributed by atoms with Gasteiger partial charge >= 0.3 is 0 Å². The van der Waals surface area contributed by atoms with Gasteiger partial charge in [0, 0.05) is 31.5 Å². The number of benzene rings is 1. The molecule has 3 aromatic rings. The summed E-state index contributed by atoms with van der Waals surface area (Å²) in [6.45, 7) is 1.19. The van der Waals surface area contributed by atoms with Crippen molar-refractivity contribution in [1.29, 1.82) is 0 Å². The second-order valence-corrected chi connectivity index (χ2v) is 9.11. The molecule has 0 radical (unpaired) electrons. The van der Waals surface area contributed by atoms with Crippen molar-refractivity contribution in [2.75, 3.05) is 6.54 Å². The van der Waals surface area contributed by atoms with Gasteiger partial charge in [-0.1, -0.05) is 43.2 Å². The number of hydrogen-bond donors (Lipinski definition) is 0. The van der Waals surface area contributed by atoms with Gasteiger partial charge in [-0.3, -0.25) is 14.2 Å². The highest BCUT2D eigenvalue weighted by atomic mass is 32.1. The Kier molecular flexibility index (Phi) is 4.96. The fourth-order valence-corrected chi connectivity index (χ4v) is 5.95. The Morgan fingerprint density at radius 1 is 1.14 bits per heavy atom. The Morgan fingerprint density at radius 3 is 2.83 bits per heavy atom. The number of aryl methyl sites for hydroxylation is 1. The number of fused-ring (bicyclic) bond motifs is 2. The number of thiophene rings is 1. The molecule has 0 N–H and O–H groups in total. The lowest BCUT2D eigenvalue weighted by Crippen LogP contribution is -2.39. The standard InChI is InChI=1S/C23H25N3O2S/c27-21(10-12-25-15-24-22-18(23(25)28)11-13-29-22)26-14-19(16-6-2-1-3-7-16)17-8-4-5-9-20(17)26/h1-3,6-7,11,13,15,17,19-20H,4-5,8-10,12,14H2. The molecule has 29 heavy (non-hydrogen) atoms. The summed E-state index contributed by atoms with van der Waals surface area (Å²) in [5, 5.41) is 2.52. The molecule has 0 spiro atoms. The molecule has 1 saturated carbocycles. The van der Waals surface area contributed by atoms with E-state index < -0.39 is 0 Å². The van der Waals surface area contributed by atoms with Gasteiger partial charge in [-0.15, -0.1) is 11.3 Å². The molecular weight excluding hydrogens is 382 g/mol. The fraction of sp³-hybridized carbons (Fsp3) is 0.435. The van der Waals surface area contributed by atoms with Crippen LogP contribution in [0.3, 0.4) is 0 Å². The number of aromatic nitrogens is 2. The van der Waals surface area contributed by atoms with Crippen molar-refractivity contribution in [3.63, 3.8) is 0 Å². The second-order valence-electron chi connectivity index (χ2n) is 8.21. The van der Waals surface area contributed by atoms with E-state index in [9.17, 15) is 9.59 Å². The van der Waals surface area contributed by atoms with Crippen LogP contribution in [-0.2, 0) is 11.3 Å². The predicted octanol–water partition coefficient (Wildman–Crippen LogP) is 4.03. The average molecular weight is 408 g/mol. The third-order valence-corrected chi connectivity index (χ3v) is 7.48. The summed E-state index contributed by atoms with van der Waals surface area (Å²) < 4.78 is 1.58. The van der Waals surface area contributed by atoms with Gasteiger partial charge in [0.05, 0.1) is 11.7 Å². The zero-order valence-electron chi connectivity index (χ0n) is 16.4. The molecule has 2 aromatic heterocycles. The van der Waals surface area contributed by atoms with Gasteiger partial charge in [0.25, 0.3) is 5.56 Å². The topological polar surface area (TPSA) is 55.2 Å². The van der Waals surface area contributed by atoms with Crippen molar-refractivity contribution in [3.8, 4) is 0 Å². The molecule has 6 heteroatoms. The lowest BCUT2D eigenvalue weighted by molar-refractivity contribution is -0.133. The molecule has 3 atom stereocenters. The normalized spacial score (nSPS) is 24.0. The highest BCUT2D eigenvalue weighted by Gasteiger charge is 2.44. The van der Waals surface area contributed by atoms with E-state index in [0.717, 1.165) is 17.8 Å². The smallest absolute Gasteiger partial charge is 0.262 e. The maximum atomic E-state index is 13.2. The molecule has 1 saturated heterocycles. The summed E-state index contributed by atoms with van der Waals surface area (Å²) in [5.41, 5.74) is 1.30. The van der Waals surface area contributed by atoms with Crippen molar-refractivity contribution in [2.45, 2.75) is 50.6 Å². The molecule has 2 fully saturated rings. The zero-order chi connectivity index (χ0) is 19.8. The minimum absolute atomic E-state index is 0.0526.